The second kappa shape index (κ2) is 6.91. The van der Waals surface area contributed by atoms with Gasteiger partial charge in [0.15, 0.2) is 0 Å². The zero-order valence-electron chi connectivity index (χ0n) is 15.2. The largest absolute Gasteiger partial charge is 0.326 e. The molecule has 2 unspecified atom stereocenters. The van der Waals surface area contributed by atoms with Gasteiger partial charge in [0.05, 0.1) is 26.3 Å². The Labute approximate surface area is 165 Å². The number of nitrogens with one attached hydrogen (secondary N) is 3. The molecule has 2 heterocycles. The summed E-state index contributed by atoms with van der Waals surface area (Å²) in [7, 11) is 0. The fraction of sp³-hybridized carbons (Fsp3) is 0.286. The summed E-state index contributed by atoms with van der Waals surface area (Å²) in [5.74, 6) is 0.0958. The number of amides is 1. The van der Waals surface area contributed by atoms with Crippen molar-refractivity contribution < 1.29 is 4.79 Å². The first-order valence-electron chi connectivity index (χ1n) is 9.56. The van der Waals surface area contributed by atoms with Crippen LogP contribution in [0.3, 0.4) is 0 Å². The van der Waals surface area contributed by atoms with Crippen molar-refractivity contribution in [3.8, 4) is 0 Å². The highest BCUT2D eigenvalue weighted by Gasteiger charge is 2.34. The SMILES string of the molecule is O=C(Nc1ccc2[nH]c(=O)[nH]c2c1)C1CCCCC1c1nc2ccccc2s1. The molecule has 1 saturated carbocycles. The number of H-pyrrole nitrogens is 2. The first kappa shape index (κ1) is 17.2. The molecular formula is C21H20N4O2S. The summed E-state index contributed by atoms with van der Waals surface area (Å²) in [6.45, 7) is 0. The third kappa shape index (κ3) is 3.11. The van der Waals surface area contributed by atoms with Gasteiger partial charge < -0.3 is 15.3 Å². The maximum atomic E-state index is 13.1. The van der Waals surface area contributed by atoms with Crippen LogP contribution in [-0.4, -0.2) is 20.9 Å². The number of carbonyl (C=O) groups is 1. The molecule has 2 aromatic heterocycles. The van der Waals surface area contributed by atoms with Gasteiger partial charge in [-0.3, -0.25) is 4.79 Å². The molecular weight excluding hydrogens is 372 g/mol. The number of rotatable bonds is 3. The molecule has 1 amide bonds. The van der Waals surface area contributed by atoms with Gasteiger partial charge in [-0.2, -0.15) is 0 Å². The molecule has 0 aliphatic heterocycles. The number of aromatic nitrogens is 3. The number of fused-ring (bicyclic) bond motifs is 2. The van der Waals surface area contributed by atoms with E-state index in [0.29, 0.717) is 11.2 Å². The lowest BCUT2D eigenvalue weighted by atomic mass is 9.79. The molecule has 1 fully saturated rings. The number of carbonyl (C=O) groups excluding carboxylic acids is 1. The maximum Gasteiger partial charge on any atom is 0.323 e. The van der Waals surface area contributed by atoms with Crippen LogP contribution in [0, 0.1) is 5.92 Å². The van der Waals surface area contributed by atoms with E-state index in [9.17, 15) is 9.59 Å². The number of anilines is 1. The number of hydrogen-bond acceptors (Lipinski definition) is 4. The van der Waals surface area contributed by atoms with Gasteiger partial charge in [0, 0.05) is 17.5 Å². The minimum Gasteiger partial charge on any atom is -0.326 e. The lowest BCUT2D eigenvalue weighted by molar-refractivity contribution is -0.121. The minimum atomic E-state index is -0.248. The van der Waals surface area contributed by atoms with Gasteiger partial charge >= 0.3 is 5.69 Å². The third-order valence-corrected chi connectivity index (χ3v) is 6.68. The van der Waals surface area contributed by atoms with E-state index in [1.807, 2.05) is 24.3 Å². The Morgan fingerprint density at radius 1 is 1.07 bits per heavy atom. The van der Waals surface area contributed by atoms with Crippen molar-refractivity contribution in [1.82, 2.24) is 15.0 Å². The molecule has 7 heteroatoms. The van der Waals surface area contributed by atoms with Crippen molar-refractivity contribution in [3.63, 3.8) is 0 Å². The van der Waals surface area contributed by atoms with Crippen LogP contribution in [0.25, 0.3) is 21.3 Å². The summed E-state index contributed by atoms with van der Waals surface area (Å²) in [6, 6.07) is 13.5. The second-order valence-corrected chi connectivity index (χ2v) is 8.41. The van der Waals surface area contributed by atoms with Gasteiger partial charge in [-0.15, -0.1) is 11.3 Å². The normalized spacial score (nSPS) is 19.9. The van der Waals surface area contributed by atoms with E-state index in [4.69, 9.17) is 4.98 Å². The highest BCUT2D eigenvalue weighted by atomic mass is 32.1. The zero-order chi connectivity index (χ0) is 19.1. The molecule has 1 aliphatic rings. The summed E-state index contributed by atoms with van der Waals surface area (Å²) >= 11 is 1.70. The Balaban J connectivity index is 1.41. The molecule has 28 heavy (non-hydrogen) atoms. The number of nitrogens with zero attached hydrogens (tertiary/aromatic N) is 1. The molecule has 0 bridgehead atoms. The van der Waals surface area contributed by atoms with Gasteiger partial charge in [-0.05, 0) is 43.2 Å². The highest BCUT2D eigenvalue weighted by molar-refractivity contribution is 7.18. The molecule has 0 spiro atoms. The molecule has 5 rings (SSSR count). The van der Waals surface area contributed by atoms with Crippen molar-refractivity contribution in [2.24, 2.45) is 5.92 Å². The van der Waals surface area contributed by atoms with Crippen LogP contribution in [0.15, 0.2) is 47.3 Å². The van der Waals surface area contributed by atoms with Gasteiger partial charge in [0.2, 0.25) is 5.91 Å². The zero-order valence-corrected chi connectivity index (χ0v) is 16.0. The first-order valence-corrected chi connectivity index (χ1v) is 10.4. The first-order chi connectivity index (χ1) is 13.7. The number of hydrogen-bond donors (Lipinski definition) is 3. The number of thiazole rings is 1. The summed E-state index contributed by atoms with van der Waals surface area (Å²) in [5.41, 5.74) is 2.87. The molecule has 2 atom stereocenters. The smallest absolute Gasteiger partial charge is 0.323 e. The van der Waals surface area contributed by atoms with Crippen molar-refractivity contribution in [3.05, 3.63) is 58.0 Å². The predicted molar refractivity (Wildman–Crippen MR) is 112 cm³/mol. The Morgan fingerprint density at radius 3 is 2.79 bits per heavy atom. The van der Waals surface area contributed by atoms with E-state index >= 15 is 0 Å². The fourth-order valence-electron chi connectivity index (χ4n) is 4.13. The molecule has 0 radical (unpaired) electrons. The fourth-order valence-corrected chi connectivity index (χ4v) is 5.30. The lowest BCUT2D eigenvalue weighted by Crippen LogP contribution is -2.30. The molecule has 4 aromatic rings. The molecule has 1 aliphatic carbocycles. The molecule has 2 aromatic carbocycles. The Bertz CT molecular complexity index is 1190. The van der Waals surface area contributed by atoms with Crippen LogP contribution in [0.5, 0.6) is 0 Å². The highest BCUT2D eigenvalue weighted by Crippen LogP contribution is 2.41. The molecule has 6 nitrogen and oxygen atoms in total. The molecule has 142 valence electrons. The Hall–Kier alpha value is -2.93. The van der Waals surface area contributed by atoms with Crippen LogP contribution in [0.2, 0.25) is 0 Å². The summed E-state index contributed by atoms with van der Waals surface area (Å²) in [6.07, 6.45) is 4.04. The monoisotopic (exact) mass is 392 g/mol. The van der Waals surface area contributed by atoms with Crippen molar-refractivity contribution in [1.29, 1.82) is 0 Å². The van der Waals surface area contributed by atoms with E-state index in [1.54, 1.807) is 23.5 Å². The van der Waals surface area contributed by atoms with Crippen LogP contribution >= 0.6 is 11.3 Å². The van der Waals surface area contributed by atoms with Crippen LogP contribution in [-0.2, 0) is 4.79 Å². The third-order valence-electron chi connectivity index (χ3n) is 5.51. The van der Waals surface area contributed by atoms with Gasteiger partial charge in [0.25, 0.3) is 0 Å². The van der Waals surface area contributed by atoms with Crippen molar-refractivity contribution in [2.45, 2.75) is 31.6 Å². The van der Waals surface area contributed by atoms with E-state index in [0.717, 1.165) is 41.7 Å². The van der Waals surface area contributed by atoms with Crippen molar-refractivity contribution in [2.75, 3.05) is 5.32 Å². The standard InChI is InChI=1S/C21H20N4O2S/c26-19(22-12-9-10-15-17(11-12)25-21(27)24-15)13-5-1-2-6-14(13)20-23-16-7-3-4-8-18(16)28-20/h3-4,7-11,13-14H,1-2,5-6H2,(H,22,26)(H2,24,25,27). The maximum absolute atomic E-state index is 13.1. The molecule has 3 N–H and O–H groups in total. The number of aromatic amines is 2. The molecule has 0 saturated heterocycles. The van der Waals surface area contributed by atoms with E-state index < -0.39 is 0 Å². The minimum absolute atomic E-state index is 0.0289. The average molecular weight is 392 g/mol. The van der Waals surface area contributed by atoms with Gasteiger partial charge in [0.1, 0.15) is 0 Å². The summed E-state index contributed by atoms with van der Waals surface area (Å²) in [5, 5.41) is 4.11. The van der Waals surface area contributed by atoms with E-state index in [-0.39, 0.29) is 23.4 Å². The number of para-hydroxylation sites is 1. The topological polar surface area (TPSA) is 90.6 Å². The van der Waals surface area contributed by atoms with Crippen LogP contribution in [0.1, 0.15) is 36.6 Å². The number of benzene rings is 2. The van der Waals surface area contributed by atoms with E-state index in [1.165, 1.54) is 4.70 Å². The van der Waals surface area contributed by atoms with Crippen molar-refractivity contribution >= 4 is 44.2 Å². The second-order valence-electron chi connectivity index (χ2n) is 7.35. The Morgan fingerprint density at radius 2 is 1.89 bits per heavy atom. The average Bonchev–Trinajstić information content (AvgIpc) is 3.30. The Kier molecular flexibility index (Phi) is 4.24. The van der Waals surface area contributed by atoms with Gasteiger partial charge in [-0.25, -0.2) is 9.78 Å². The van der Waals surface area contributed by atoms with Crippen LogP contribution < -0.4 is 11.0 Å². The quantitative estimate of drug-likeness (QED) is 0.483. The summed E-state index contributed by atoms with van der Waals surface area (Å²) in [4.78, 5) is 34.8. The number of imidazole rings is 1. The van der Waals surface area contributed by atoms with Gasteiger partial charge in [-0.1, -0.05) is 25.0 Å². The van der Waals surface area contributed by atoms with Crippen LogP contribution in [0.4, 0.5) is 5.69 Å². The predicted octanol–water partition coefficient (Wildman–Crippen LogP) is 4.38. The lowest BCUT2D eigenvalue weighted by Gasteiger charge is -2.29. The van der Waals surface area contributed by atoms with E-state index in [2.05, 4.69) is 21.4 Å². The summed E-state index contributed by atoms with van der Waals surface area (Å²) < 4.78 is 1.17.